The summed E-state index contributed by atoms with van der Waals surface area (Å²) in [5.41, 5.74) is 7.34. The van der Waals surface area contributed by atoms with Crippen molar-refractivity contribution in [2.75, 3.05) is 5.75 Å². The number of hydrogen-bond donors (Lipinski definition) is 0. The molecule has 0 amide bonds. The van der Waals surface area contributed by atoms with Crippen LogP contribution in [0.1, 0.15) is 41.9 Å². The zero-order valence-corrected chi connectivity index (χ0v) is 16.6. The Labute approximate surface area is 160 Å². The van der Waals surface area contributed by atoms with Crippen LogP contribution in [0.3, 0.4) is 0 Å². The van der Waals surface area contributed by atoms with E-state index in [1.807, 2.05) is 24.2 Å². The first-order valence-electron chi connectivity index (χ1n) is 9.24. The van der Waals surface area contributed by atoms with Crippen LogP contribution >= 0.6 is 11.8 Å². The molecule has 3 rings (SSSR count). The third kappa shape index (κ3) is 3.64. The fourth-order valence-corrected chi connectivity index (χ4v) is 4.29. The molecule has 0 radical (unpaired) electrons. The van der Waals surface area contributed by atoms with Crippen LogP contribution in [0.2, 0.25) is 0 Å². The van der Waals surface area contributed by atoms with E-state index in [1.54, 1.807) is 0 Å². The lowest BCUT2D eigenvalue weighted by molar-refractivity contribution is 0.896. The highest BCUT2D eigenvalue weighted by atomic mass is 32.2. The maximum absolute atomic E-state index is 9.19. The van der Waals surface area contributed by atoms with E-state index in [-0.39, 0.29) is 0 Å². The first-order valence-corrected chi connectivity index (χ1v) is 10.2. The van der Waals surface area contributed by atoms with Gasteiger partial charge in [0.2, 0.25) is 0 Å². The van der Waals surface area contributed by atoms with Gasteiger partial charge in [-0.1, -0.05) is 26.0 Å². The standard InChI is InChI=1S/C22H25N3S/c1-4-19-16(3)21(12-13-23)25-15-14-24-20(22(19)25)11-8-17-6-9-18(10-7-17)26-5-2/h6-7,9-10,14-15H,4-5,8,11-12H2,1-3H3. The molecule has 0 aliphatic carbocycles. The monoisotopic (exact) mass is 363 g/mol. The Morgan fingerprint density at radius 2 is 1.92 bits per heavy atom. The number of thioether (sulfide) groups is 1. The third-order valence-electron chi connectivity index (χ3n) is 4.91. The molecule has 26 heavy (non-hydrogen) atoms. The molecule has 2 aromatic heterocycles. The summed E-state index contributed by atoms with van der Waals surface area (Å²) in [7, 11) is 0. The Morgan fingerprint density at radius 1 is 1.15 bits per heavy atom. The molecule has 3 aromatic rings. The van der Waals surface area contributed by atoms with Crippen LogP contribution in [-0.2, 0) is 25.7 Å². The zero-order chi connectivity index (χ0) is 18.5. The van der Waals surface area contributed by atoms with Crippen LogP contribution < -0.4 is 0 Å². The van der Waals surface area contributed by atoms with Crippen LogP contribution in [0.15, 0.2) is 41.6 Å². The third-order valence-corrected chi connectivity index (χ3v) is 5.80. The zero-order valence-electron chi connectivity index (χ0n) is 15.7. The molecule has 0 spiro atoms. The lowest BCUT2D eigenvalue weighted by atomic mass is 10.0. The summed E-state index contributed by atoms with van der Waals surface area (Å²) in [6.45, 7) is 6.49. The van der Waals surface area contributed by atoms with Crippen molar-refractivity contribution >= 4 is 17.3 Å². The maximum Gasteiger partial charge on any atom is 0.0761 e. The topological polar surface area (TPSA) is 41.1 Å². The van der Waals surface area contributed by atoms with Crippen molar-refractivity contribution in [1.82, 2.24) is 9.38 Å². The number of fused-ring (bicyclic) bond motifs is 1. The number of rotatable bonds is 7. The summed E-state index contributed by atoms with van der Waals surface area (Å²) in [4.78, 5) is 6.01. The van der Waals surface area contributed by atoms with Gasteiger partial charge in [-0.05, 0) is 60.8 Å². The molecule has 0 aliphatic heterocycles. The summed E-state index contributed by atoms with van der Waals surface area (Å²) in [5, 5.41) is 9.19. The van der Waals surface area contributed by atoms with Gasteiger partial charge in [0.1, 0.15) is 0 Å². The average molecular weight is 364 g/mol. The Hall–Kier alpha value is -2.25. The lowest BCUT2D eigenvalue weighted by Crippen LogP contribution is -2.01. The van der Waals surface area contributed by atoms with E-state index in [4.69, 9.17) is 0 Å². The van der Waals surface area contributed by atoms with E-state index in [0.29, 0.717) is 6.42 Å². The Bertz CT molecular complexity index is 933. The molecule has 2 heterocycles. The van der Waals surface area contributed by atoms with E-state index in [9.17, 15) is 5.26 Å². The smallest absolute Gasteiger partial charge is 0.0761 e. The van der Waals surface area contributed by atoms with Crippen molar-refractivity contribution in [1.29, 1.82) is 5.26 Å². The summed E-state index contributed by atoms with van der Waals surface area (Å²) in [5.74, 6) is 1.10. The highest BCUT2D eigenvalue weighted by Gasteiger charge is 2.17. The maximum atomic E-state index is 9.19. The molecule has 0 bridgehead atoms. The summed E-state index contributed by atoms with van der Waals surface area (Å²) in [6.07, 6.45) is 7.14. The normalized spacial score (nSPS) is 11.0. The highest BCUT2D eigenvalue weighted by Crippen LogP contribution is 2.27. The second kappa shape index (κ2) is 8.42. The van der Waals surface area contributed by atoms with Gasteiger partial charge in [0, 0.05) is 23.0 Å². The van der Waals surface area contributed by atoms with Crippen LogP contribution in [-0.4, -0.2) is 15.1 Å². The average Bonchev–Trinajstić information content (AvgIpc) is 2.94. The Balaban J connectivity index is 1.90. The van der Waals surface area contributed by atoms with Crippen LogP contribution in [0.5, 0.6) is 0 Å². The van der Waals surface area contributed by atoms with Crippen LogP contribution in [0, 0.1) is 18.3 Å². The predicted octanol–water partition coefficient (Wildman–Crippen LogP) is 5.17. The molecule has 0 unspecified atom stereocenters. The molecule has 3 nitrogen and oxygen atoms in total. The second-order valence-electron chi connectivity index (χ2n) is 6.41. The number of nitriles is 1. The largest absolute Gasteiger partial charge is 0.316 e. The molecule has 0 N–H and O–H groups in total. The van der Waals surface area contributed by atoms with Gasteiger partial charge >= 0.3 is 0 Å². The first kappa shape index (κ1) is 18.5. The molecular formula is C22H25N3S. The van der Waals surface area contributed by atoms with Gasteiger partial charge in [-0.3, -0.25) is 4.98 Å². The van der Waals surface area contributed by atoms with Crippen molar-refractivity contribution in [3.8, 4) is 6.07 Å². The van der Waals surface area contributed by atoms with Gasteiger partial charge in [-0.2, -0.15) is 5.26 Å². The highest BCUT2D eigenvalue weighted by molar-refractivity contribution is 7.99. The molecule has 0 aliphatic rings. The van der Waals surface area contributed by atoms with Crippen LogP contribution in [0.4, 0.5) is 0 Å². The molecule has 0 saturated heterocycles. The van der Waals surface area contributed by atoms with E-state index >= 15 is 0 Å². The van der Waals surface area contributed by atoms with Crippen LogP contribution in [0.25, 0.3) is 5.52 Å². The summed E-state index contributed by atoms with van der Waals surface area (Å²) >= 11 is 1.87. The Kier molecular flexibility index (Phi) is 6.00. The fraction of sp³-hybridized carbons (Fsp3) is 0.364. The van der Waals surface area contributed by atoms with E-state index in [2.05, 4.69) is 60.5 Å². The predicted molar refractivity (Wildman–Crippen MR) is 109 cm³/mol. The number of aromatic nitrogens is 2. The number of benzene rings is 1. The molecule has 0 atom stereocenters. The van der Waals surface area contributed by atoms with E-state index in [1.165, 1.54) is 27.1 Å². The second-order valence-corrected chi connectivity index (χ2v) is 7.75. The van der Waals surface area contributed by atoms with Crippen molar-refractivity contribution < 1.29 is 0 Å². The van der Waals surface area contributed by atoms with Crippen molar-refractivity contribution in [2.24, 2.45) is 0 Å². The van der Waals surface area contributed by atoms with Gasteiger partial charge in [0.15, 0.2) is 0 Å². The molecular weight excluding hydrogens is 338 g/mol. The minimum Gasteiger partial charge on any atom is -0.316 e. The quantitative estimate of drug-likeness (QED) is 0.544. The van der Waals surface area contributed by atoms with Gasteiger partial charge in [0.25, 0.3) is 0 Å². The van der Waals surface area contributed by atoms with Crippen molar-refractivity contribution in [3.05, 3.63) is 64.7 Å². The SMILES string of the molecule is CCSc1ccc(CCc2nccn3c(CC#N)c(C)c(CC)c23)cc1. The van der Waals surface area contributed by atoms with Gasteiger partial charge in [0.05, 0.1) is 23.7 Å². The number of hydrogen-bond acceptors (Lipinski definition) is 3. The van der Waals surface area contributed by atoms with E-state index in [0.717, 1.165) is 36.4 Å². The first-order chi connectivity index (χ1) is 12.7. The van der Waals surface area contributed by atoms with E-state index < -0.39 is 0 Å². The minimum absolute atomic E-state index is 0.438. The lowest BCUT2D eigenvalue weighted by Gasteiger charge is -2.08. The van der Waals surface area contributed by atoms with Gasteiger partial charge < -0.3 is 4.40 Å². The Morgan fingerprint density at radius 3 is 2.58 bits per heavy atom. The summed E-state index contributed by atoms with van der Waals surface area (Å²) < 4.78 is 2.18. The fourth-order valence-electron chi connectivity index (χ4n) is 3.63. The van der Waals surface area contributed by atoms with Crippen molar-refractivity contribution in [2.45, 2.75) is 51.3 Å². The molecule has 4 heteroatoms. The molecule has 1 aromatic carbocycles. The number of aryl methyl sites for hydroxylation is 3. The molecule has 0 saturated carbocycles. The minimum atomic E-state index is 0.438. The number of nitrogens with zero attached hydrogens (tertiary/aromatic N) is 3. The molecule has 0 fully saturated rings. The van der Waals surface area contributed by atoms with Crippen molar-refractivity contribution in [3.63, 3.8) is 0 Å². The van der Waals surface area contributed by atoms with Gasteiger partial charge in [-0.15, -0.1) is 11.8 Å². The molecule has 134 valence electrons. The summed E-state index contributed by atoms with van der Waals surface area (Å²) in [6, 6.07) is 11.2. The van der Waals surface area contributed by atoms with Gasteiger partial charge in [-0.25, -0.2) is 0 Å².